The summed E-state index contributed by atoms with van der Waals surface area (Å²) in [5, 5.41) is 23.4. The van der Waals surface area contributed by atoms with Gasteiger partial charge in [-0.3, -0.25) is 0 Å². The predicted molar refractivity (Wildman–Crippen MR) is 87.3 cm³/mol. The van der Waals surface area contributed by atoms with Crippen LogP contribution in [0.15, 0.2) is 0 Å². The van der Waals surface area contributed by atoms with Gasteiger partial charge in [-0.25, -0.2) is 0 Å². The standard InChI is InChI=1S/C18H30O2S/c1-15(2,3)17(19)10-21-11-18(17,20)16-7-12-4-13(8-16)6-14(5-12)9-16/h12-14,19-20H,4-11H2,1-3H3. The SMILES string of the molecule is CC(C)(C)C1(O)CSCC1(O)C12CC3CC(CC(C3)C1)C2. The van der Waals surface area contributed by atoms with Gasteiger partial charge in [0.05, 0.1) is 0 Å². The number of hydrogen-bond acceptors (Lipinski definition) is 3. The molecule has 120 valence electrons. The van der Waals surface area contributed by atoms with E-state index in [0.717, 1.165) is 42.8 Å². The normalized spacial score (nSPS) is 56.1. The first-order valence-corrected chi connectivity index (χ1v) is 9.87. The van der Waals surface area contributed by atoms with Crippen molar-refractivity contribution in [1.29, 1.82) is 0 Å². The Balaban J connectivity index is 1.78. The molecule has 2 atom stereocenters. The van der Waals surface area contributed by atoms with Crippen LogP contribution in [0.5, 0.6) is 0 Å². The molecule has 5 fully saturated rings. The third kappa shape index (κ3) is 1.74. The summed E-state index contributed by atoms with van der Waals surface area (Å²) in [5.41, 5.74) is -2.11. The molecular formula is C18H30O2S. The van der Waals surface area contributed by atoms with Crippen LogP contribution < -0.4 is 0 Å². The van der Waals surface area contributed by atoms with Gasteiger partial charge in [-0.15, -0.1) is 0 Å². The lowest BCUT2D eigenvalue weighted by Crippen LogP contribution is -2.71. The fourth-order valence-corrected chi connectivity index (χ4v) is 8.54. The largest absolute Gasteiger partial charge is 0.385 e. The van der Waals surface area contributed by atoms with Crippen LogP contribution in [0.2, 0.25) is 0 Å². The first-order valence-electron chi connectivity index (χ1n) is 8.72. The van der Waals surface area contributed by atoms with Crippen LogP contribution in [0.3, 0.4) is 0 Å². The maximum atomic E-state index is 11.8. The quantitative estimate of drug-likeness (QED) is 0.779. The molecule has 0 aromatic carbocycles. The van der Waals surface area contributed by atoms with Crippen molar-refractivity contribution in [2.75, 3.05) is 11.5 Å². The highest BCUT2D eigenvalue weighted by Gasteiger charge is 2.71. The predicted octanol–water partition coefficient (Wildman–Crippen LogP) is 3.46. The smallest absolute Gasteiger partial charge is 0.109 e. The maximum absolute atomic E-state index is 11.8. The first-order chi connectivity index (χ1) is 9.69. The zero-order chi connectivity index (χ0) is 15.1. The van der Waals surface area contributed by atoms with Gasteiger partial charge in [-0.1, -0.05) is 20.8 Å². The highest BCUT2D eigenvalue weighted by molar-refractivity contribution is 7.99. The molecule has 0 aromatic heterocycles. The van der Waals surface area contributed by atoms with E-state index in [1.807, 2.05) is 0 Å². The van der Waals surface area contributed by atoms with E-state index >= 15 is 0 Å². The molecule has 5 aliphatic rings. The van der Waals surface area contributed by atoms with Gasteiger partial charge in [0.25, 0.3) is 0 Å². The topological polar surface area (TPSA) is 40.5 Å². The van der Waals surface area contributed by atoms with Crippen molar-refractivity contribution in [3.8, 4) is 0 Å². The van der Waals surface area contributed by atoms with Gasteiger partial charge in [0.1, 0.15) is 11.2 Å². The van der Waals surface area contributed by atoms with Crippen molar-refractivity contribution in [2.45, 2.75) is 70.5 Å². The molecule has 1 aliphatic heterocycles. The van der Waals surface area contributed by atoms with Gasteiger partial charge in [0.2, 0.25) is 0 Å². The monoisotopic (exact) mass is 310 g/mol. The molecule has 21 heavy (non-hydrogen) atoms. The van der Waals surface area contributed by atoms with E-state index < -0.39 is 11.2 Å². The lowest BCUT2D eigenvalue weighted by atomic mass is 9.42. The maximum Gasteiger partial charge on any atom is 0.109 e. The molecule has 2 N–H and O–H groups in total. The highest BCUT2D eigenvalue weighted by Crippen LogP contribution is 2.68. The van der Waals surface area contributed by atoms with Crippen LogP contribution in [0.25, 0.3) is 0 Å². The van der Waals surface area contributed by atoms with E-state index in [4.69, 9.17) is 0 Å². The fourth-order valence-electron chi connectivity index (χ4n) is 6.63. The molecule has 2 nitrogen and oxygen atoms in total. The molecule has 1 heterocycles. The van der Waals surface area contributed by atoms with E-state index in [1.54, 1.807) is 11.8 Å². The summed E-state index contributed by atoms with van der Waals surface area (Å²) in [5.74, 6) is 3.86. The molecule has 5 rings (SSSR count). The van der Waals surface area contributed by atoms with E-state index in [0.29, 0.717) is 5.75 Å². The summed E-state index contributed by atoms with van der Waals surface area (Å²) in [4.78, 5) is 0. The summed E-state index contributed by atoms with van der Waals surface area (Å²) in [7, 11) is 0. The van der Waals surface area contributed by atoms with Crippen molar-refractivity contribution in [3.63, 3.8) is 0 Å². The van der Waals surface area contributed by atoms with E-state index in [1.165, 1.54) is 19.3 Å². The molecule has 4 saturated carbocycles. The molecule has 0 aromatic rings. The second-order valence-electron chi connectivity index (χ2n) is 9.66. The van der Waals surface area contributed by atoms with E-state index in [-0.39, 0.29) is 10.8 Å². The zero-order valence-electron chi connectivity index (χ0n) is 13.7. The molecule has 4 aliphatic carbocycles. The number of rotatable bonds is 1. The minimum atomic E-state index is -0.948. The molecule has 4 bridgehead atoms. The number of thioether (sulfide) groups is 1. The second-order valence-corrected chi connectivity index (χ2v) is 10.6. The molecular weight excluding hydrogens is 280 g/mol. The summed E-state index contributed by atoms with van der Waals surface area (Å²) in [6, 6.07) is 0. The van der Waals surface area contributed by atoms with Crippen LogP contribution in [-0.2, 0) is 0 Å². The Kier molecular flexibility index (Phi) is 2.98. The Morgan fingerprint density at radius 2 is 1.33 bits per heavy atom. The van der Waals surface area contributed by atoms with Gasteiger partial charge in [0.15, 0.2) is 0 Å². The van der Waals surface area contributed by atoms with Crippen molar-refractivity contribution < 1.29 is 10.2 Å². The first kappa shape index (κ1) is 14.8. The molecule has 0 amide bonds. The number of hydrogen-bond donors (Lipinski definition) is 2. The summed E-state index contributed by atoms with van der Waals surface area (Å²) in [6.45, 7) is 6.30. The second kappa shape index (κ2) is 4.21. The molecule has 0 spiro atoms. The third-order valence-electron chi connectivity index (χ3n) is 7.46. The Hall–Kier alpha value is 0.270. The van der Waals surface area contributed by atoms with Gasteiger partial charge in [-0.2, -0.15) is 11.8 Å². The Bertz CT molecular complexity index is 419. The van der Waals surface area contributed by atoms with Crippen molar-refractivity contribution in [3.05, 3.63) is 0 Å². The van der Waals surface area contributed by atoms with Crippen LogP contribution in [0.1, 0.15) is 59.3 Å². The van der Waals surface area contributed by atoms with Crippen LogP contribution in [0.4, 0.5) is 0 Å². The molecule has 2 unspecified atom stereocenters. The molecule has 1 saturated heterocycles. The zero-order valence-corrected chi connectivity index (χ0v) is 14.5. The average molecular weight is 311 g/mol. The summed E-state index contributed by atoms with van der Waals surface area (Å²) < 4.78 is 0. The van der Waals surface area contributed by atoms with Crippen molar-refractivity contribution in [1.82, 2.24) is 0 Å². The van der Waals surface area contributed by atoms with Crippen molar-refractivity contribution >= 4 is 11.8 Å². The van der Waals surface area contributed by atoms with Crippen molar-refractivity contribution in [2.24, 2.45) is 28.6 Å². The lowest BCUT2D eigenvalue weighted by molar-refractivity contribution is -0.262. The highest BCUT2D eigenvalue weighted by atomic mass is 32.2. The minimum Gasteiger partial charge on any atom is -0.385 e. The van der Waals surface area contributed by atoms with Crippen LogP contribution >= 0.6 is 11.8 Å². The Labute approximate surface area is 133 Å². The fraction of sp³-hybridized carbons (Fsp3) is 1.00. The van der Waals surface area contributed by atoms with Gasteiger partial charge >= 0.3 is 0 Å². The summed E-state index contributed by atoms with van der Waals surface area (Å²) >= 11 is 1.76. The van der Waals surface area contributed by atoms with Gasteiger partial charge in [-0.05, 0) is 61.7 Å². The van der Waals surface area contributed by atoms with Crippen LogP contribution in [0, 0.1) is 28.6 Å². The van der Waals surface area contributed by atoms with Crippen LogP contribution in [-0.4, -0.2) is 32.9 Å². The Morgan fingerprint density at radius 3 is 1.76 bits per heavy atom. The Morgan fingerprint density at radius 1 is 0.857 bits per heavy atom. The third-order valence-corrected chi connectivity index (χ3v) is 8.71. The van der Waals surface area contributed by atoms with Gasteiger partial charge < -0.3 is 10.2 Å². The summed E-state index contributed by atoms with van der Waals surface area (Å²) in [6.07, 6.45) is 7.64. The van der Waals surface area contributed by atoms with E-state index in [2.05, 4.69) is 20.8 Å². The average Bonchev–Trinajstić information content (AvgIpc) is 2.66. The minimum absolute atomic E-state index is 0.00667. The molecule has 0 radical (unpaired) electrons. The van der Waals surface area contributed by atoms with E-state index in [9.17, 15) is 10.2 Å². The number of aliphatic hydroxyl groups is 2. The van der Waals surface area contributed by atoms with Gasteiger partial charge in [0, 0.05) is 16.9 Å². The molecule has 3 heteroatoms. The lowest BCUT2D eigenvalue weighted by Gasteiger charge is -2.65.